The van der Waals surface area contributed by atoms with Crippen molar-refractivity contribution in [3.63, 3.8) is 0 Å². The second-order valence-electron chi connectivity index (χ2n) is 6.83. The number of hydrogen-bond donors (Lipinski definition) is 1. The summed E-state index contributed by atoms with van der Waals surface area (Å²) in [7, 11) is -3.65. The summed E-state index contributed by atoms with van der Waals surface area (Å²) in [6, 6.07) is 8.89. The number of nitro benzene ring substituents is 1. The number of nitrogens with one attached hydrogen (secondary N) is 1. The molecule has 10 nitrogen and oxygen atoms in total. The molecule has 1 N–H and O–H groups in total. The van der Waals surface area contributed by atoms with Gasteiger partial charge in [0.25, 0.3) is 11.6 Å². The van der Waals surface area contributed by atoms with Crippen LogP contribution in [-0.4, -0.2) is 54.8 Å². The van der Waals surface area contributed by atoms with E-state index in [9.17, 15) is 23.3 Å². The normalized spacial score (nSPS) is 15.1. The van der Waals surface area contributed by atoms with Crippen LogP contribution in [0.3, 0.4) is 0 Å². The smallest absolute Gasteiger partial charge is 0.273 e. The molecule has 3 aromatic rings. The first-order valence-corrected chi connectivity index (χ1v) is 11.6. The minimum Gasteiger partial charge on any atom is -0.379 e. The monoisotopic (exact) mass is 462 g/mol. The minimum atomic E-state index is -3.65. The summed E-state index contributed by atoms with van der Waals surface area (Å²) in [5.74, 6) is -0.526. The number of nitrogens with zero attached hydrogens (tertiary/aromatic N) is 3. The Kier molecular flexibility index (Phi) is 5.71. The summed E-state index contributed by atoms with van der Waals surface area (Å²) in [5.41, 5.74) is 0.820. The van der Waals surface area contributed by atoms with Gasteiger partial charge >= 0.3 is 0 Å². The van der Waals surface area contributed by atoms with Crippen molar-refractivity contribution in [3.8, 4) is 0 Å². The van der Waals surface area contributed by atoms with Crippen molar-refractivity contribution < 1.29 is 22.9 Å². The Labute approximate surface area is 181 Å². The number of morpholine rings is 1. The lowest BCUT2D eigenvalue weighted by Gasteiger charge is -2.25. The molecule has 0 bridgehead atoms. The third-order valence-electron chi connectivity index (χ3n) is 4.93. The summed E-state index contributed by atoms with van der Waals surface area (Å²) >= 11 is 1.13. The van der Waals surface area contributed by atoms with Gasteiger partial charge in [-0.3, -0.25) is 20.2 Å². The first kappa shape index (κ1) is 21.3. The van der Waals surface area contributed by atoms with E-state index in [0.29, 0.717) is 36.5 Å². The number of benzene rings is 2. The predicted molar refractivity (Wildman–Crippen MR) is 115 cm³/mol. The topological polar surface area (TPSA) is 132 Å². The Bertz CT molecular complexity index is 1280. The Morgan fingerprint density at radius 1 is 1.26 bits per heavy atom. The van der Waals surface area contributed by atoms with Crippen molar-refractivity contribution in [2.24, 2.45) is 0 Å². The number of sulfonamides is 1. The number of ether oxygens (including phenoxy) is 1. The zero-order chi connectivity index (χ0) is 22.2. The first-order valence-electron chi connectivity index (χ1n) is 9.31. The number of fused-ring (bicyclic) bond motifs is 1. The number of aromatic nitrogens is 1. The third kappa shape index (κ3) is 4.14. The molecule has 0 radical (unpaired) electrons. The molecule has 1 amide bonds. The molecular weight excluding hydrogens is 444 g/mol. The van der Waals surface area contributed by atoms with E-state index in [4.69, 9.17) is 4.74 Å². The van der Waals surface area contributed by atoms with Gasteiger partial charge in [-0.05, 0) is 31.2 Å². The molecule has 31 heavy (non-hydrogen) atoms. The number of hydrogen-bond acceptors (Lipinski definition) is 8. The van der Waals surface area contributed by atoms with Crippen molar-refractivity contribution in [2.75, 3.05) is 31.6 Å². The molecule has 2 aromatic carbocycles. The number of amides is 1. The average Bonchev–Trinajstić information content (AvgIpc) is 3.15. The highest BCUT2D eigenvalue weighted by Gasteiger charge is 2.27. The van der Waals surface area contributed by atoms with Crippen LogP contribution < -0.4 is 5.32 Å². The van der Waals surface area contributed by atoms with Crippen molar-refractivity contribution >= 4 is 48.3 Å². The lowest BCUT2D eigenvalue weighted by atomic mass is 10.1. The van der Waals surface area contributed by atoms with Crippen LogP contribution in [0.25, 0.3) is 10.2 Å². The molecule has 1 fully saturated rings. The van der Waals surface area contributed by atoms with E-state index in [-0.39, 0.29) is 26.8 Å². The number of thiazole rings is 1. The Balaban J connectivity index is 1.60. The fourth-order valence-corrected chi connectivity index (χ4v) is 5.70. The van der Waals surface area contributed by atoms with Crippen LogP contribution in [0.15, 0.2) is 41.3 Å². The van der Waals surface area contributed by atoms with Gasteiger partial charge in [-0.2, -0.15) is 4.31 Å². The standard InChI is InChI=1S/C19H18N4O6S2/c1-12-14(3-2-4-16(12)23(25)26)18(24)21-19-20-15-6-5-13(11-17(15)30-19)31(27,28)22-7-9-29-10-8-22/h2-6,11H,7-10H2,1H3,(H,20,21,24). The first-order chi connectivity index (χ1) is 14.8. The summed E-state index contributed by atoms with van der Waals surface area (Å²) in [5, 5.41) is 14.0. The van der Waals surface area contributed by atoms with Gasteiger partial charge in [0.2, 0.25) is 10.0 Å². The third-order valence-corrected chi connectivity index (χ3v) is 7.76. The number of nitro groups is 1. The van der Waals surface area contributed by atoms with Crippen molar-refractivity contribution in [3.05, 3.63) is 57.6 Å². The van der Waals surface area contributed by atoms with Crippen molar-refractivity contribution in [1.29, 1.82) is 0 Å². The molecule has 0 spiro atoms. The number of anilines is 1. The lowest BCUT2D eigenvalue weighted by Crippen LogP contribution is -2.40. The van der Waals surface area contributed by atoms with Gasteiger partial charge in [-0.15, -0.1) is 0 Å². The Hall–Kier alpha value is -2.93. The molecule has 4 rings (SSSR count). The molecule has 2 heterocycles. The van der Waals surface area contributed by atoms with Crippen molar-refractivity contribution in [1.82, 2.24) is 9.29 Å². The van der Waals surface area contributed by atoms with E-state index in [1.807, 2.05) is 0 Å². The van der Waals surface area contributed by atoms with E-state index in [1.54, 1.807) is 6.07 Å². The molecule has 1 saturated heterocycles. The Morgan fingerprint density at radius 2 is 2.00 bits per heavy atom. The molecule has 1 aliphatic rings. The molecular formula is C19H18N4O6S2. The van der Waals surface area contributed by atoms with Gasteiger partial charge in [0.1, 0.15) is 0 Å². The van der Waals surface area contributed by atoms with Crippen LogP contribution in [0.2, 0.25) is 0 Å². The Morgan fingerprint density at radius 3 is 2.71 bits per heavy atom. The van der Waals surface area contributed by atoms with E-state index < -0.39 is 20.9 Å². The molecule has 0 aliphatic carbocycles. The second-order valence-corrected chi connectivity index (χ2v) is 9.79. The fourth-order valence-electron chi connectivity index (χ4n) is 3.29. The maximum atomic E-state index is 12.9. The van der Waals surface area contributed by atoms with Gasteiger partial charge in [-0.1, -0.05) is 17.4 Å². The van der Waals surface area contributed by atoms with Gasteiger partial charge in [-0.25, -0.2) is 13.4 Å². The molecule has 0 atom stereocenters. The van der Waals surface area contributed by atoms with Crippen LogP contribution in [0.4, 0.5) is 10.8 Å². The maximum absolute atomic E-state index is 12.9. The number of carbonyl (C=O) groups is 1. The van der Waals surface area contributed by atoms with Gasteiger partial charge in [0.05, 0.1) is 33.2 Å². The molecule has 162 valence electrons. The number of carbonyl (C=O) groups excluding carboxylic acids is 1. The highest BCUT2D eigenvalue weighted by molar-refractivity contribution is 7.89. The molecule has 1 aliphatic heterocycles. The summed E-state index contributed by atoms with van der Waals surface area (Å²) in [6.07, 6.45) is 0. The predicted octanol–water partition coefficient (Wildman–Crippen LogP) is 2.79. The van der Waals surface area contributed by atoms with E-state index in [0.717, 1.165) is 11.3 Å². The summed E-state index contributed by atoms with van der Waals surface area (Å²) in [4.78, 5) is 27.7. The van der Waals surface area contributed by atoms with E-state index in [1.165, 1.54) is 41.6 Å². The van der Waals surface area contributed by atoms with E-state index in [2.05, 4.69) is 10.3 Å². The average molecular weight is 463 g/mol. The summed E-state index contributed by atoms with van der Waals surface area (Å²) < 4.78 is 32.9. The largest absolute Gasteiger partial charge is 0.379 e. The summed E-state index contributed by atoms with van der Waals surface area (Å²) in [6.45, 7) is 2.82. The van der Waals surface area contributed by atoms with Crippen LogP contribution >= 0.6 is 11.3 Å². The fraction of sp³-hybridized carbons (Fsp3) is 0.263. The molecule has 0 saturated carbocycles. The number of rotatable bonds is 5. The minimum absolute atomic E-state index is 0.144. The van der Waals surface area contributed by atoms with Crippen LogP contribution in [0.5, 0.6) is 0 Å². The highest BCUT2D eigenvalue weighted by atomic mass is 32.2. The van der Waals surface area contributed by atoms with Crippen LogP contribution in [-0.2, 0) is 14.8 Å². The maximum Gasteiger partial charge on any atom is 0.273 e. The zero-order valence-electron chi connectivity index (χ0n) is 16.4. The van der Waals surface area contributed by atoms with Gasteiger partial charge in [0.15, 0.2) is 5.13 Å². The van der Waals surface area contributed by atoms with Crippen LogP contribution in [0, 0.1) is 17.0 Å². The molecule has 12 heteroatoms. The van der Waals surface area contributed by atoms with E-state index >= 15 is 0 Å². The van der Waals surface area contributed by atoms with Gasteiger partial charge < -0.3 is 4.74 Å². The van der Waals surface area contributed by atoms with Crippen LogP contribution in [0.1, 0.15) is 15.9 Å². The molecule has 1 aromatic heterocycles. The molecule has 0 unspecified atom stereocenters. The van der Waals surface area contributed by atoms with Crippen molar-refractivity contribution in [2.45, 2.75) is 11.8 Å². The zero-order valence-corrected chi connectivity index (χ0v) is 18.0. The SMILES string of the molecule is Cc1c(C(=O)Nc2nc3ccc(S(=O)(=O)N4CCOCC4)cc3s2)cccc1[N+](=O)[O-]. The highest BCUT2D eigenvalue weighted by Crippen LogP contribution is 2.30. The van der Waals surface area contributed by atoms with Gasteiger partial charge in [0, 0.05) is 30.3 Å². The quantitative estimate of drug-likeness (QED) is 0.455. The second kappa shape index (κ2) is 8.30. The lowest BCUT2D eigenvalue weighted by molar-refractivity contribution is -0.385.